The SMILES string of the molecule is CCOC(=O)C(CC)C1CCC(Cl)CC1. The molecule has 15 heavy (non-hydrogen) atoms. The fourth-order valence-corrected chi connectivity index (χ4v) is 2.67. The van der Waals surface area contributed by atoms with E-state index in [-0.39, 0.29) is 11.9 Å². The van der Waals surface area contributed by atoms with E-state index in [1.807, 2.05) is 6.92 Å². The Morgan fingerprint density at radius 3 is 2.40 bits per heavy atom. The first kappa shape index (κ1) is 12.8. The van der Waals surface area contributed by atoms with Crippen molar-refractivity contribution in [2.45, 2.75) is 51.3 Å². The zero-order chi connectivity index (χ0) is 11.3. The molecule has 0 spiro atoms. The summed E-state index contributed by atoms with van der Waals surface area (Å²) in [5, 5.41) is 0.320. The summed E-state index contributed by atoms with van der Waals surface area (Å²) in [5.41, 5.74) is 0. The molecule has 0 aromatic heterocycles. The first-order chi connectivity index (χ1) is 7.19. The molecule has 88 valence electrons. The van der Waals surface area contributed by atoms with Crippen molar-refractivity contribution in [1.82, 2.24) is 0 Å². The molecule has 1 aliphatic carbocycles. The highest BCUT2D eigenvalue weighted by Gasteiger charge is 2.31. The largest absolute Gasteiger partial charge is 0.466 e. The Morgan fingerprint density at radius 2 is 1.93 bits per heavy atom. The molecule has 0 heterocycles. The Labute approximate surface area is 97.3 Å². The second kappa shape index (κ2) is 6.37. The summed E-state index contributed by atoms with van der Waals surface area (Å²) in [5.74, 6) is 0.566. The van der Waals surface area contributed by atoms with Crippen LogP contribution in [-0.4, -0.2) is 18.0 Å². The number of hydrogen-bond donors (Lipinski definition) is 0. The molecule has 0 saturated heterocycles. The maximum Gasteiger partial charge on any atom is 0.309 e. The van der Waals surface area contributed by atoms with Crippen LogP contribution < -0.4 is 0 Å². The van der Waals surface area contributed by atoms with Crippen LogP contribution in [0.3, 0.4) is 0 Å². The number of alkyl halides is 1. The third kappa shape index (κ3) is 3.67. The predicted molar refractivity (Wildman–Crippen MR) is 62.0 cm³/mol. The molecular formula is C12H21ClO2. The second-order valence-electron chi connectivity index (χ2n) is 4.28. The number of carbonyl (C=O) groups excluding carboxylic acids is 1. The van der Waals surface area contributed by atoms with Gasteiger partial charge in [0.2, 0.25) is 0 Å². The smallest absolute Gasteiger partial charge is 0.309 e. The van der Waals surface area contributed by atoms with E-state index in [1.165, 1.54) is 0 Å². The van der Waals surface area contributed by atoms with Gasteiger partial charge in [-0.15, -0.1) is 11.6 Å². The average Bonchev–Trinajstić information content (AvgIpc) is 2.22. The Bertz CT molecular complexity index is 198. The Kier molecular flexibility index (Phi) is 5.44. The van der Waals surface area contributed by atoms with E-state index in [1.54, 1.807) is 0 Å². The van der Waals surface area contributed by atoms with Gasteiger partial charge in [-0.1, -0.05) is 6.92 Å². The Morgan fingerprint density at radius 1 is 1.33 bits per heavy atom. The summed E-state index contributed by atoms with van der Waals surface area (Å²) >= 11 is 6.05. The molecule has 0 bridgehead atoms. The van der Waals surface area contributed by atoms with Crippen LogP contribution in [0.5, 0.6) is 0 Å². The van der Waals surface area contributed by atoms with Crippen molar-refractivity contribution >= 4 is 17.6 Å². The van der Waals surface area contributed by atoms with Crippen molar-refractivity contribution < 1.29 is 9.53 Å². The molecule has 1 rings (SSSR count). The molecule has 0 aliphatic heterocycles. The van der Waals surface area contributed by atoms with Gasteiger partial charge < -0.3 is 4.74 Å². The van der Waals surface area contributed by atoms with Gasteiger partial charge in [-0.2, -0.15) is 0 Å². The number of esters is 1. The third-order valence-corrected chi connectivity index (χ3v) is 3.74. The quantitative estimate of drug-likeness (QED) is 0.549. The lowest BCUT2D eigenvalue weighted by molar-refractivity contribution is -0.150. The highest BCUT2D eigenvalue weighted by atomic mass is 35.5. The summed E-state index contributed by atoms with van der Waals surface area (Å²) < 4.78 is 5.10. The standard InChI is InChI=1S/C12H21ClO2/c1-3-11(12(14)15-4-2)9-5-7-10(13)8-6-9/h9-11H,3-8H2,1-2H3. The minimum Gasteiger partial charge on any atom is -0.466 e. The second-order valence-corrected chi connectivity index (χ2v) is 4.90. The summed E-state index contributed by atoms with van der Waals surface area (Å²) in [7, 11) is 0. The van der Waals surface area contributed by atoms with Crippen molar-refractivity contribution in [2.75, 3.05) is 6.61 Å². The summed E-state index contributed by atoms with van der Waals surface area (Å²) in [6.07, 6.45) is 5.12. The molecule has 1 fully saturated rings. The molecule has 2 nitrogen and oxygen atoms in total. The number of carbonyl (C=O) groups is 1. The van der Waals surface area contributed by atoms with Crippen molar-refractivity contribution in [1.29, 1.82) is 0 Å². The molecule has 0 radical (unpaired) electrons. The zero-order valence-electron chi connectivity index (χ0n) is 9.67. The van der Waals surface area contributed by atoms with Gasteiger partial charge in [0.25, 0.3) is 0 Å². The minimum absolute atomic E-state index is 0.0157. The van der Waals surface area contributed by atoms with Gasteiger partial charge in [0, 0.05) is 5.38 Å². The van der Waals surface area contributed by atoms with E-state index >= 15 is 0 Å². The molecule has 0 aromatic carbocycles. The Balaban J connectivity index is 2.47. The van der Waals surface area contributed by atoms with E-state index in [2.05, 4.69) is 6.92 Å². The molecule has 0 amide bonds. The predicted octanol–water partition coefficient (Wildman–Crippen LogP) is 3.37. The van der Waals surface area contributed by atoms with Gasteiger partial charge in [-0.05, 0) is 44.9 Å². The van der Waals surface area contributed by atoms with E-state index in [0.29, 0.717) is 17.9 Å². The number of halogens is 1. The zero-order valence-corrected chi connectivity index (χ0v) is 10.4. The van der Waals surface area contributed by atoms with Crippen LogP contribution in [0.15, 0.2) is 0 Å². The van der Waals surface area contributed by atoms with Crippen LogP contribution >= 0.6 is 11.6 Å². The van der Waals surface area contributed by atoms with Crippen LogP contribution in [0, 0.1) is 11.8 Å². The van der Waals surface area contributed by atoms with Crippen LogP contribution in [0.1, 0.15) is 46.0 Å². The summed E-state index contributed by atoms with van der Waals surface area (Å²) in [6, 6.07) is 0. The van der Waals surface area contributed by atoms with Gasteiger partial charge in [-0.25, -0.2) is 0 Å². The number of ether oxygens (including phenoxy) is 1. The van der Waals surface area contributed by atoms with Gasteiger partial charge in [0.1, 0.15) is 0 Å². The minimum atomic E-state index is -0.0157. The fraction of sp³-hybridized carbons (Fsp3) is 0.917. The highest BCUT2D eigenvalue weighted by Crippen LogP contribution is 2.34. The first-order valence-electron chi connectivity index (χ1n) is 5.99. The fourth-order valence-electron chi connectivity index (χ4n) is 2.42. The molecule has 0 N–H and O–H groups in total. The molecule has 1 aliphatic rings. The van der Waals surface area contributed by atoms with E-state index in [9.17, 15) is 4.79 Å². The Hall–Kier alpha value is -0.240. The van der Waals surface area contributed by atoms with Crippen LogP contribution in [0.25, 0.3) is 0 Å². The summed E-state index contributed by atoms with van der Waals surface area (Å²) in [4.78, 5) is 11.7. The van der Waals surface area contributed by atoms with Crippen LogP contribution in [-0.2, 0) is 9.53 Å². The van der Waals surface area contributed by atoms with Gasteiger partial charge in [0.15, 0.2) is 0 Å². The molecule has 1 saturated carbocycles. The first-order valence-corrected chi connectivity index (χ1v) is 6.43. The van der Waals surface area contributed by atoms with E-state index in [4.69, 9.17) is 16.3 Å². The number of rotatable bonds is 4. The van der Waals surface area contributed by atoms with Crippen LogP contribution in [0.4, 0.5) is 0 Å². The maximum absolute atomic E-state index is 11.7. The van der Waals surface area contributed by atoms with Gasteiger partial charge in [0.05, 0.1) is 12.5 Å². The highest BCUT2D eigenvalue weighted by molar-refractivity contribution is 6.20. The lowest BCUT2D eigenvalue weighted by Gasteiger charge is -2.30. The van der Waals surface area contributed by atoms with E-state index < -0.39 is 0 Å². The molecular weight excluding hydrogens is 212 g/mol. The van der Waals surface area contributed by atoms with Gasteiger partial charge >= 0.3 is 5.97 Å². The normalized spacial score (nSPS) is 28.5. The lowest BCUT2D eigenvalue weighted by Crippen LogP contribution is -2.29. The van der Waals surface area contributed by atoms with Gasteiger partial charge in [-0.3, -0.25) is 4.79 Å². The molecule has 3 heteroatoms. The van der Waals surface area contributed by atoms with Crippen molar-refractivity contribution in [3.05, 3.63) is 0 Å². The maximum atomic E-state index is 11.7. The average molecular weight is 233 g/mol. The van der Waals surface area contributed by atoms with Crippen molar-refractivity contribution in [3.8, 4) is 0 Å². The monoisotopic (exact) mass is 232 g/mol. The molecule has 0 aromatic rings. The van der Waals surface area contributed by atoms with Crippen LogP contribution in [0.2, 0.25) is 0 Å². The van der Waals surface area contributed by atoms with Crippen molar-refractivity contribution in [2.24, 2.45) is 11.8 Å². The van der Waals surface area contributed by atoms with E-state index in [0.717, 1.165) is 32.1 Å². The molecule has 1 atom stereocenters. The summed E-state index contributed by atoms with van der Waals surface area (Å²) in [6.45, 7) is 4.41. The topological polar surface area (TPSA) is 26.3 Å². The third-order valence-electron chi connectivity index (χ3n) is 3.30. The van der Waals surface area contributed by atoms with Crippen molar-refractivity contribution in [3.63, 3.8) is 0 Å². The molecule has 1 unspecified atom stereocenters. The number of hydrogen-bond acceptors (Lipinski definition) is 2. The lowest BCUT2D eigenvalue weighted by atomic mass is 9.78.